The number of esters is 1. The Balaban J connectivity index is 2.44. The van der Waals surface area contributed by atoms with Gasteiger partial charge in [0.1, 0.15) is 5.76 Å². The van der Waals surface area contributed by atoms with E-state index < -0.39 is 24.0 Å². The summed E-state index contributed by atoms with van der Waals surface area (Å²) in [5, 5.41) is 4.44. The molecule has 1 rings (SSSR count). The van der Waals surface area contributed by atoms with Gasteiger partial charge in [0.15, 0.2) is 10.8 Å². The molecule has 0 fully saturated rings. The van der Waals surface area contributed by atoms with Crippen LogP contribution in [0.25, 0.3) is 6.08 Å². The summed E-state index contributed by atoms with van der Waals surface area (Å²) in [5.74, 6) is -0.970. The van der Waals surface area contributed by atoms with Gasteiger partial charge in [-0.05, 0) is 48.0 Å². The van der Waals surface area contributed by atoms with E-state index in [1.165, 1.54) is 13.0 Å². The topological polar surface area (TPSA) is 97.6 Å². The lowest BCUT2D eigenvalue weighted by molar-refractivity contribution is -0.149. The number of hydrogen-bond acceptors (Lipinski definition) is 5. The minimum atomic E-state index is -1.09. The Morgan fingerprint density at radius 2 is 2.14 bits per heavy atom. The van der Waals surface area contributed by atoms with E-state index in [0.29, 0.717) is 17.0 Å². The molecular weight excluding hydrogens is 344 g/mol. The highest BCUT2D eigenvalue weighted by Crippen LogP contribution is 2.15. The number of nitrogens with one attached hydrogen (secondary N) is 2. The van der Waals surface area contributed by atoms with Crippen LogP contribution in [0.3, 0.4) is 0 Å². The number of rotatable bonds is 5. The Hall–Kier alpha value is -2.09. The number of halogens is 1. The summed E-state index contributed by atoms with van der Waals surface area (Å²) in [6.07, 6.45) is 1.44. The van der Waals surface area contributed by atoms with Gasteiger partial charge in [-0.15, -0.1) is 0 Å². The summed E-state index contributed by atoms with van der Waals surface area (Å²) in [6, 6.07) is 2.69. The fraction of sp³-hybridized carbons (Fsp3) is 0.308. The number of hydrogen-bond donors (Lipinski definition) is 2. The van der Waals surface area contributed by atoms with Crippen molar-refractivity contribution in [1.82, 2.24) is 10.6 Å². The molecule has 0 spiro atoms. The molecule has 1 atom stereocenters. The Morgan fingerprint density at radius 3 is 2.71 bits per heavy atom. The van der Waals surface area contributed by atoms with Crippen LogP contribution in [0, 0.1) is 0 Å². The fourth-order valence-electron chi connectivity index (χ4n) is 1.25. The van der Waals surface area contributed by atoms with Crippen molar-refractivity contribution in [1.29, 1.82) is 0 Å². The second-order valence-electron chi connectivity index (χ2n) is 3.90. The van der Waals surface area contributed by atoms with Crippen LogP contribution in [0.5, 0.6) is 0 Å². The molecule has 8 heteroatoms. The maximum Gasteiger partial charge on any atom is 0.331 e. The predicted molar refractivity (Wildman–Crippen MR) is 78.2 cm³/mol. The number of amides is 3. The molecule has 0 aliphatic rings. The molecule has 3 amide bonds. The molecule has 114 valence electrons. The minimum Gasteiger partial charge on any atom is -0.450 e. The van der Waals surface area contributed by atoms with Gasteiger partial charge < -0.3 is 14.5 Å². The highest BCUT2D eigenvalue weighted by atomic mass is 79.9. The third-order valence-electron chi connectivity index (χ3n) is 2.21. The van der Waals surface area contributed by atoms with Crippen LogP contribution >= 0.6 is 15.9 Å². The molecule has 7 nitrogen and oxygen atoms in total. The lowest BCUT2D eigenvalue weighted by atomic mass is 10.3. The van der Waals surface area contributed by atoms with E-state index in [1.807, 2.05) is 5.32 Å². The number of carbonyl (C=O) groups is 3. The maximum atomic E-state index is 11.5. The van der Waals surface area contributed by atoms with Crippen LogP contribution in [0.2, 0.25) is 0 Å². The number of carbonyl (C=O) groups excluding carboxylic acids is 3. The molecule has 0 aliphatic heterocycles. The first kappa shape index (κ1) is 17.0. The molecule has 0 saturated heterocycles. The lowest BCUT2D eigenvalue weighted by Gasteiger charge is -2.11. The fourth-order valence-corrected chi connectivity index (χ4v) is 1.57. The first-order valence-corrected chi connectivity index (χ1v) is 6.94. The Kier molecular flexibility index (Phi) is 6.67. The monoisotopic (exact) mass is 358 g/mol. The van der Waals surface area contributed by atoms with Gasteiger partial charge >= 0.3 is 12.0 Å². The third kappa shape index (κ3) is 6.26. The van der Waals surface area contributed by atoms with Crippen molar-refractivity contribution in [3.05, 3.63) is 28.6 Å². The zero-order valence-corrected chi connectivity index (χ0v) is 13.1. The van der Waals surface area contributed by atoms with E-state index in [0.717, 1.165) is 6.08 Å². The molecule has 0 aliphatic carbocycles. The Labute approximate surface area is 129 Å². The summed E-state index contributed by atoms with van der Waals surface area (Å²) in [6.45, 7) is 3.46. The second kappa shape index (κ2) is 8.25. The van der Waals surface area contributed by atoms with Gasteiger partial charge in [-0.3, -0.25) is 10.1 Å². The third-order valence-corrected chi connectivity index (χ3v) is 2.64. The molecule has 0 aromatic carbocycles. The number of ether oxygens (including phenoxy) is 1. The summed E-state index contributed by atoms with van der Waals surface area (Å²) >= 11 is 3.13. The van der Waals surface area contributed by atoms with Crippen molar-refractivity contribution in [2.45, 2.75) is 20.0 Å². The molecular formula is C13H15BrN2O5. The van der Waals surface area contributed by atoms with E-state index >= 15 is 0 Å². The van der Waals surface area contributed by atoms with Gasteiger partial charge in [0.2, 0.25) is 0 Å². The standard InChI is InChI=1S/C13H15BrN2O5/c1-3-15-13(19)16-12(18)8(2)20-11(17)7-5-9-4-6-10(14)21-9/h4-8H,3H2,1-2H3,(H2,15,16,18,19)/b7-5+/t8-/m1/s1. The van der Waals surface area contributed by atoms with Crippen molar-refractivity contribution in [3.63, 3.8) is 0 Å². The molecule has 0 saturated carbocycles. The second-order valence-corrected chi connectivity index (χ2v) is 4.68. The molecule has 1 aromatic rings. The zero-order valence-electron chi connectivity index (χ0n) is 11.5. The maximum absolute atomic E-state index is 11.5. The van der Waals surface area contributed by atoms with Gasteiger partial charge in [-0.1, -0.05) is 0 Å². The molecule has 21 heavy (non-hydrogen) atoms. The first-order chi connectivity index (χ1) is 9.92. The summed E-state index contributed by atoms with van der Waals surface area (Å²) < 4.78 is 10.5. The van der Waals surface area contributed by atoms with Crippen LogP contribution < -0.4 is 10.6 Å². The molecule has 0 bridgehead atoms. The highest BCUT2D eigenvalue weighted by Gasteiger charge is 2.18. The summed E-state index contributed by atoms with van der Waals surface area (Å²) in [5.41, 5.74) is 0. The van der Waals surface area contributed by atoms with E-state index in [1.54, 1.807) is 19.1 Å². The Bertz CT molecular complexity index is 553. The van der Waals surface area contributed by atoms with Crippen molar-refractivity contribution in [3.8, 4) is 0 Å². The number of imide groups is 1. The SMILES string of the molecule is CCNC(=O)NC(=O)[C@@H](C)OC(=O)/C=C/c1ccc(Br)o1. The first-order valence-electron chi connectivity index (χ1n) is 6.15. The van der Waals surface area contributed by atoms with Gasteiger partial charge in [0.25, 0.3) is 5.91 Å². The summed E-state index contributed by atoms with van der Waals surface area (Å²) in [7, 11) is 0. The van der Waals surface area contributed by atoms with E-state index in [4.69, 9.17) is 9.15 Å². The smallest absolute Gasteiger partial charge is 0.331 e. The average Bonchev–Trinajstić information content (AvgIpc) is 2.82. The number of furan rings is 1. The normalized spacial score (nSPS) is 12.0. The van der Waals surface area contributed by atoms with Gasteiger partial charge in [0, 0.05) is 12.6 Å². The van der Waals surface area contributed by atoms with E-state index in [9.17, 15) is 14.4 Å². The van der Waals surface area contributed by atoms with Crippen LogP contribution in [-0.4, -0.2) is 30.6 Å². The molecule has 0 radical (unpaired) electrons. The van der Waals surface area contributed by atoms with Crippen molar-refractivity contribution in [2.75, 3.05) is 6.54 Å². The van der Waals surface area contributed by atoms with Gasteiger partial charge in [-0.25, -0.2) is 9.59 Å². The van der Waals surface area contributed by atoms with Crippen LogP contribution in [0.4, 0.5) is 4.79 Å². The zero-order chi connectivity index (χ0) is 15.8. The predicted octanol–water partition coefficient (Wildman–Crippen LogP) is 1.83. The molecule has 1 heterocycles. The van der Waals surface area contributed by atoms with Crippen LogP contribution in [0.15, 0.2) is 27.3 Å². The Morgan fingerprint density at radius 1 is 1.43 bits per heavy atom. The largest absolute Gasteiger partial charge is 0.450 e. The summed E-state index contributed by atoms with van der Waals surface area (Å²) in [4.78, 5) is 34.2. The molecule has 2 N–H and O–H groups in total. The van der Waals surface area contributed by atoms with E-state index in [-0.39, 0.29) is 0 Å². The lowest BCUT2D eigenvalue weighted by Crippen LogP contribution is -2.44. The quantitative estimate of drug-likeness (QED) is 0.618. The van der Waals surface area contributed by atoms with Crippen LogP contribution in [-0.2, 0) is 14.3 Å². The number of urea groups is 1. The molecule has 0 unspecified atom stereocenters. The van der Waals surface area contributed by atoms with Crippen LogP contribution in [0.1, 0.15) is 19.6 Å². The molecule has 1 aromatic heterocycles. The highest BCUT2D eigenvalue weighted by molar-refractivity contribution is 9.10. The average molecular weight is 359 g/mol. The van der Waals surface area contributed by atoms with Gasteiger partial charge in [0.05, 0.1) is 0 Å². The van der Waals surface area contributed by atoms with Gasteiger partial charge in [-0.2, -0.15) is 0 Å². The van der Waals surface area contributed by atoms with E-state index in [2.05, 4.69) is 21.2 Å². The van der Waals surface area contributed by atoms with Crippen molar-refractivity contribution >= 4 is 39.9 Å². The van der Waals surface area contributed by atoms with Crippen molar-refractivity contribution < 1.29 is 23.5 Å². The minimum absolute atomic E-state index is 0.384. The van der Waals surface area contributed by atoms with Crippen molar-refractivity contribution in [2.24, 2.45) is 0 Å².